The topological polar surface area (TPSA) is 33.1 Å². The molecule has 2 atom stereocenters. The number of likely N-dealkylation sites (N-methyl/N-ethyl adjacent to an activating group) is 1. The van der Waals surface area contributed by atoms with Crippen molar-refractivity contribution >= 4 is 17.3 Å². The lowest BCUT2D eigenvalue weighted by molar-refractivity contribution is 0.330. The van der Waals surface area contributed by atoms with Gasteiger partial charge in [0.25, 0.3) is 0 Å². The van der Waals surface area contributed by atoms with E-state index in [4.69, 9.17) is 12.2 Å². The Morgan fingerprint density at radius 1 is 1.32 bits per heavy atom. The molecule has 2 aromatic heterocycles. The molecule has 4 nitrogen and oxygen atoms in total. The molecule has 2 aromatic rings. The van der Waals surface area contributed by atoms with Crippen LogP contribution in [0.1, 0.15) is 50.2 Å². The van der Waals surface area contributed by atoms with Gasteiger partial charge in [0.05, 0.1) is 17.8 Å². The molecule has 1 N–H and O–H groups in total. The van der Waals surface area contributed by atoms with E-state index in [-0.39, 0.29) is 12.1 Å². The van der Waals surface area contributed by atoms with Crippen molar-refractivity contribution in [3.05, 3.63) is 54.1 Å². The highest BCUT2D eigenvalue weighted by molar-refractivity contribution is 7.80. The second-order valence-electron chi connectivity index (χ2n) is 5.90. The summed E-state index contributed by atoms with van der Waals surface area (Å²) in [6.45, 7) is 7.40. The van der Waals surface area contributed by atoms with Crippen molar-refractivity contribution in [1.82, 2.24) is 19.8 Å². The van der Waals surface area contributed by atoms with Crippen molar-refractivity contribution in [2.45, 2.75) is 38.9 Å². The smallest absolute Gasteiger partial charge is 0.170 e. The molecule has 1 aliphatic heterocycles. The molecule has 0 bridgehead atoms. The van der Waals surface area contributed by atoms with Gasteiger partial charge in [-0.25, -0.2) is 0 Å². The van der Waals surface area contributed by atoms with E-state index < -0.39 is 0 Å². The van der Waals surface area contributed by atoms with Crippen LogP contribution in [-0.4, -0.2) is 26.1 Å². The summed E-state index contributed by atoms with van der Waals surface area (Å²) in [6, 6.07) is 8.96. The molecular weight excluding hydrogens is 292 g/mol. The highest BCUT2D eigenvalue weighted by Crippen LogP contribution is 2.38. The Balaban J connectivity index is 2.00. The summed E-state index contributed by atoms with van der Waals surface area (Å²) in [5.74, 6) is 0. The third-order valence-corrected chi connectivity index (χ3v) is 4.57. The van der Waals surface area contributed by atoms with Crippen molar-refractivity contribution in [3.8, 4) is 0 Å². The van der Waals surface area contributed by atoms with Gasteiger partial charge in [-0.15, -0.1) is 0 Å². The zero-order chi connectivity index (χ0) is 15.7. The highest BCUT2D eigenvalue weighted by Gasteiger charge is 2.39. The number of thiocarbonyl (C=S) groups is 1. The molecular formula is C17H22N4S. The second-order valence-corrected chi connectivity index (χ2v) is 6.29. The number of nitrogens with zero attached hydrogens (tertiary/aromatic N) is 3. The lowest BCUT2D eigenvalue weighted by Gasteiger charge is -2.25. The third kappa shape index (κ3) is 2.61. The first-order valence-corrected chi connectivity index (χ1v) is 8.18. The van der Waals surface area contributed by atoms with Crippen molar-refractivity contribution in [2.24, 2.45) is 0 Å². The monoisotopic (exact) mass is 314 g/mol. The van der Waals surface area contributed by atoms with E-state index in [0.717, 1.165) is 17.4 Å². The van der Waals surface area contributed by atoms with Crippen LogP contribution >= 0.6 is 12.2 Å². The number of pyridine rings is 1. The van der Waals surface area contributed by atoms with E-state index in [9.17, 15) is 0 Å². The van der Waals surface area contributed by atoms with Crippen LogP contribution in [0, 0.1) is 0 Å². The first kappa shape index (κ1) is 15.0. The molecule has 0 aromatic carbocycles. The summed E-state index contributed by atoms with van der Waals surface area (Å²) in [7, 11) is 0. The summed E-state index contributed by atoms with van der Waals surface area (Å²) in [5.41, 5.74) is 2.31. The van der Waals surface area contributed by atoms with Crippen LogP contribution in [0.2, 0.25) is 0 Å². The maximum atomic E-state index is 5.53. The van der Waals surface area contributed by atoms with Gasteiger partial charge in [-0.1, -0.05) is 6.07 Å². The fraction of sp³-hybridized carbons (Fsp3) is 0.412. The molecule has 1 saturated heterocycles. The number of nitrogens with one attached hydrogen (secondary N) is 1. The van der Waals surface area contributed by atoms with Crippen molar-refractivity contribution < 1.29 is 0 Å². The summed E-state index contributed by atoms with van der Waals surface area (Å²) >= 11 is 5.53. The Morgan fingerprint density at radius 2 is 2.14 bits per heavy atom. The van der Waals surface area contributed by atoms with Crippen LogP contribution in [0.25, 0.3) is 0 Å². The van der Waals surface area contributed by atoms with Gasteiger partial charge < -0.3 is 14.8 Å². The molecule has 5 heteroatoms. The van der Waals surface area contributed by atoms with Crippen molar-refractivity contribution in [2.75, 3.05) is 6.54 Å². The predicted molar refractivity (Wildman–Crippen MR) is 92.6 cm³/mol. The lowest BCUT2D eigenvalue weighted by Crippen LogP contribution is -2.29. The van der Waals surface area contributed by atoms with Gasteiger partial charge in [-0.3, -0.25) is 4.98 Å². The zero-order valence-electron chi connectivity index (χ0n) is 13.2. The van der Waals surface area contributed by atoms with Gasteiger partial charge in [-0.2, -0.15) is 0 Å². The van der Waals surface area contributed by atoms with Crippen molar-refractivity contribution in [1.29, 1.82) is 0 Å². The van der Waals surface area contributed by atoms with E-state index in [1.807, 2.05) is 18.3 Å². The van der Waals surface area contributed by atoms with Crippen LogP contribution in [0.15, 0.2) is 42.9 Å². The first-order valence-electron chi connectivity index (χ1n) is 7.77. The molecule has 1 fully saturated rings. The maximum Gasteiger partial charge on any atom is 0.170 e. The van der Waals surface area contributed by atoms with E-state index in [2.05, 4.69) is 65.1 Å². The fourth-order valence-corrected chi connectivity index (χ4v) is 3.41. The average Bonchev–Trinajstić information content (AvgIpc) is 3.12. The molecule has 0 aliphatic carbocycles. The van der Waals surface area contributed by atoms with Gasteiger partial charge >= 0.3 is 0 Å². The number of hydrogen-bond donors (Lipinski definition) is 1. The Hall–Kier alpha value is -1.88. The van der Waals surface area contributed by atoms with Crippen LogP contribution in [0.5, 0.6) is 0 Å². The molecule has 0 amide bonds. The van der Waals surface area contributed by atoms with Gasteiger partial charge in [0.2, 0.25) is 0 Å². The van der Waals surface area contributed by atoms with Crippen LogP contribution in [0.4, 0.5) is 0 Å². The molecule has 22 heavy (non-hydrogen) atoms. The molecule has 0 spiro atoms. The SMILES string of the molecule is CCN1C(=S)N[C@H](c2ccccn2)[C@@H]1c1ccn(C(C)C)c1. The minimum atomic E-state index is 0.0941. The number of hydrogen-bond acceptors (Lipinski definition) is 2. The quantitative estimate of drug-likeness (QED) is 0.876. The lowest BCUT2D eigenvalue weighted by atomic mass is 9.99. The summed E-state index contributed by atoms with van der Waals surface area (Å²) in [6.07, 6.45) is 6.21. The molecule has 3 heterocycles. The summed E-state index contributed by atoms with van der Waals surface area (Å²) < 4.78 is 2.24. The molecule has 3 rings (SSSR count). The zero-order valence-corrected chi connectivity index (χ0v) is 14.0. The van der Waals surface area contributed by atoms with E-state index >= 15 is 0 Å². The van der Waals surface area contributed by atoms with Gasteiger partial charge in [0.1, 0.15) is 0 Å². The Kier molecular flexibility index (Phi) is 4.16. The molecule has 0 saturated carbocycles. The predicted octanol–water partition coefficient (Wildman–Crippen LogP) is 3.46. The van der Waals surface area contributed by atoms with Crippen molar-refractivity contribution in [3.63, 3.8) is 0 Å². The third-order valence-electron chi connectivity index (χ3n) is 4.21. The second kappa shape index (κ2) is 6.08. The van der Waals surface area contributed by atoms with Gasteiger partial charge in [0, 0.05) is 31.2 Å². The summed E-state index contributed by atoms with van der Waals surface area (Å²) in [4.78, 5) is 6.77. The Morgan fingerprint density at radius 3 is 2.73 bits per heavy atom. The van der Waals surface area contributed by atoms with Crippen LogP contribution in [0.3, 0.4) is 0 Å². The molecule has 0 unspecified atom stereocenters. The van der Waals surface area contributed by atoms with Gasteiger partial charge in [0.15, 0.2) is 5.11 Å². The Labute approximate surface area is 137 Å². The molecule has 1 aliphatic rings. The standard InChI is InChI=1S/C17H22N4S/c1-4-21-16(13-8-10-20(11-13)12(2)3)15(19-17(21)22)14-7-5-6-9-18-14/h5-12,15-16H,4H2,1-3H3,(H,19,22)/t15-,16+/m1/s1. The molecule has 0 radical (unpaired) electrons. The fourth-order valence-electron chi connectivity index (χ4n) is 3.04. The van der Waals surface area contributed by atoms with E-state index in [1.54, 1.807) is 0 Å². The minimum Gasteiger partial charge on any atom is -0.352 e. The van der Waals surface area contributed by atoms with Gasteiger partial charge in [-0.05, 0) is 56.8 Å². The largest absolute Gasteiger partial charge is 0.352 e. The maximum absolute atomic E-state index is 5.53. The van der Waals surface area contributed by atoms with Crippen LogP contribution < -0.4 is 5.32 Å². The average molecular weight is 314 g/mol. The van der Waals surface area contributed by atoms with E-state index in [0.29, 0.717) is 6.04 Å². The number of aromatic nitrogens is 2. The van der Waals surface area contributed by atoms with E-state index in [1.165, 1.54) is 5.56 Å². The minimum absolute atomic E-state index is 0.0941. The number of rotatable bonds is 4. The Bertz CT molecular complexity index is 650. The molecule has 116 valence electrons. The summed E-state index contributed by atoms with van der Waals surface area (Å²) in [5, 5.41) is 4.25. The first-order chi connectivity index (χ1) is 10.6. The van der Waals surface area contributed by atoms with Crippen LogP contribution in [-0.2, 0) is 0 Å². The highest BCUT2D eigenvalue weighted by atomic mass is 32.1. The normalized spacial score (nSPS) is 21.5.